The number of amides is 2. The van der Waals surface area contributed by atoms with E-state index in [0.717, 1.165) is 41.1 Å². The second-order valence-corrected chi connectivity index (χ2v) is 8.21. The fraction of sp³-hybridized carbons (Fsp3) is 0.182. The van der Waals surface area contributed by atoms with Crippen molar-refractivity contribution >= 4 is 28.2 Å². The molecule has 2 amide bonds. The van der Waals surface area contributed by atoms with Gasteiger partial charge in [-0.3, -0.25) is 9.59 Å². The molecule has 0 fully saturated rings. The van der Waals surface area contributed by atoms with Crippen LogP contribution in [-0.2, 0) is 13.0 Å². The summed E-state index contributed by atoms with van der Waals surface area (Å²) in [5, 5.41) is 3.47. The van der Waals surface area contributed by atoms with Gasteiger partial charge in [0.15, 0.2) is 0 Å². The number of hydrogen-bond acceptors (Lipinski definition) is 3. The number of hydrogen-bond donors (Lipinski definition) is 3. The molecule has 1 atom stereocenters. The van der Waals surface area contributed by atoms with E-state index in [4.69, 9.17) is 5.73 Å². The summed E-state index contributed by atoms with van der Waals surface area (Å²) >= 11 is 1.46. The van der Waals surface area contributed by atoms with Gasteiger partial charge in [0.1, 0.15) is 11.5 Å². The van der Waals surface area contributed by atoms with Crippen LogP contribution in [-0.4, -0.2) is 25.4 Å². The lowest BCUT2D eigenvalue weighted by Gasteiger charge is -2.19. The van der Waals surface area contributed by atoms with E-state index in [1.54, 1.807) is 12.1 Å². The molecule has 0 bridgehead atoms. The van der Waals surface area contributed by atoms with Gasteiger partial charge in [0.2, 0.25) is 0 Å². The van der Waals surface area contributed by atoms with Gasteiger partial charge in [0, 0.05) is 12.0 Å². The normalized spacial score (nSPS) is 15.7. The van der Waals surface area contributed by atoms with Gasteiger partial charge in [-0.2, -0.15) is 0 Å². The Morgan fingerprint density at radius 3 is 2.39 bits per heavy atom. The zero-order valence-corrected chi connectivity index (χ0v) is 16.4. The summed E-state index contributed by atoms with van der Waals surface area (Å²) in [4.78, 5) is 27.3. The fourth-order valence-corrected chi connectivity index (χ4v) is 4.95. The number of benzene rings is 2. The molecule has 2 heterocycles. The Morgan fingerprint density at radius 2 is 1.71 bits per heavy atom. The Bertz CT molecular complexity index is 1030. The first-order valence-electron chi connectivity index (χ1n) is 9.25. The molecule has 28 heavy (non-hydrogen) atoms. The molecule has 3 aromatic rings. The minimum atomic E-state index is -0.480. The number of anilines is 1. The number of rotatable bonds is 4. The fourth-order valence-electron chi connectivity index (χ4n) is 3.59. The molecule has 4 rings (SSSR count). The summed E-state index contributed by atoms with van der Waals surface area (Å²) < 4.78 is 0. The van der Waals surface area contributed by atoms with Gasteiger partial charge in [-0.25, -0.2) is 0 Å². The zero-order valence-electron chi connectivity index (χ0n) is 15.6. The molecular weight excluding hydrogens is 370 g/mol. The Labute approximate surface area is 167 Å². The molecule has 1 unspecified atom stereocenters. The average molecular weight is 393 g/mol. The van der Waals surface area contributed by atoms with Crippen LogP contribution in [0.3, 0.4) is 0 Å². The molecule has 0 spiro atoms. The van der Waals surface area contributed by atoms with E-state index in [9.17, 15) is 9.59 Å². The first-order chi connectivity index (χ1) is 13.5. The van der Waals surface area contributed by atoms with Crippen LogP contribution in [0, 0.1) is 0 Å². The molecule has 2 aromatic carbocycles. The first-order valence-corrected chi connectivity index (χ1v) is 10.1. The largest absolute Gasteiger partial charge is 0.365 e. The van der Waals surface area contributed by atoms with Crippen LogP contribution in [0.25, 0.3) is 11.1 Å². The lowest BCUT2D eigenvalue weighted by Crippen LogP contribution is -3.08. The van der Waals surface area contributed by atoms with Gasteiger partial charge in [0.05, 0.1) is 24.0 Å². The SMILES string of the molecule is C[NH+]1CCc2c(sc(NC(=O)c3ccc(-c4ccccc4)cc3)c2C(N)=O)C1. The van der Waals surface area contributed by atoms with Crippen LogP contribution >= 0.6 is 11.3 Å². The maximum Gasteiger partial charge on any atom is 0.256 e. The minimum absolute atomic E-state index is 0.235. The van der Waals surface area contributed by atoms with Crippen LogP contribution in [0.4, 0.5) is 5.00 Å². The van der Waals surface area contributed by atoms with Crippen molar-refractivity contribution in [2.24, 2.45) is 5.73 Å². The van der Waals surface area contributed by atoms with Gasteiger partial charge in [-0.15, -0.1) is 11.3 Å². The van der Waals surface area contributed by atoms with Crippen molar-refractivity contribution in [2.45, 2.75) is 13.0 Å². The second-order valence-electron chi connectivity index (χ2n) is 7.10. The highest BCUT2D eigenvalue weighted by Gasteiger charge is 2.28. The lowest BCUT2D eigenvalue weighted by atomic mass is 10.0. The van der Waals surface area contributed by atoms with E-state index < -0.39 is 5.91 Å². The van der Waals surface area contributed by atoms with Crippen LogP contribution in [0.2, 0.25) is 0 Å². The predicted molar refractivity (Wildman–Crippen MR) is 112 cm³/mol. The molecule has 1 aliphatic rings. The highest BCUT2D eigenvalue weighted by atomic mass is 32.1. The number of fused-ring (bicyclic) bond motifs is 1. The third kappa shape index (κ3) is 3.56. The first kappa shape index (κ1) is 18.4. The average Bonchev–Trinajstić information content (AvgIpc) is 3.05. The molecule has 142 valence electrons. The number of likely N-dealkylation sites (N-methyl/N-ethyl adjacent to an activating group) is 1. The smallest absolute Gasteiger partial charge is 0.256 e. The second kappa shape index (κ2) is 7.58. The monoisotopic (exact) mass is 392 g/mol. The van der Waals surface area contributed by atoms with E-state index in [0.29, 0.717) is 16.1 Å². The van der Waals surface area contributed by atoms with E-state index in [-0.39, 0.29) is 5.91 Å². The summed E-state index contributed by atoms with van der Waals surface area (Å²) in [6.45, 7) is 1.81. The maximum absolute atomic E-state index is 12.8. The number of primary amides is 1. The molecule has 1 aromatic heterocycles. The standard InChI is InChI=1S/C22H21N3O2S/c1-25-12-11-17-18(13-25)28-22(19(17)20(23)26)24-21(27)16-9-7-15(8-10-16)14-5-3-2-4-6-14/h2-10H,11-13H2,1H3,(H2,23,26)(H,24,27)/p+1. The van der Waals surface area contributed by atoms with Gasteiger partial charge in [0.25, 0.3) is 11.8 Å². The number of thiophene rings is 1. The third-order valence-electron chi connectivity index (χ3n) is 5.08. The number of quaternary nitrogens is 1. The van der Waals surface area contributed by atoms with Gasteiger partial charge < -0.3 is 16.0 Å². The van der Waals surface area contributed by atoms with Gasteiger partial charge in [-0.05, 0) is 28.8 Å². The van der Waals surface area contributed by atoms with Crippen LogP contribution in [0.5, 0.6) is 0 Å². The summed E-state index contributed by atoms with van der Waals surface area (Å²) in [6, 6.07) is 17.5. The summed E-state index contributed by atoms with van der Waals surface area (Å²) in [5.74, 6) is -0.715. The van der Waals surface area contributed by atoms with Crippen molar-refractivity contribution in [3.8, 4) is 11.1 Å². The third-order valence-corrected chi connectivity index (χ3v) is 6.23. The molecule has 6 heteroatoms. The number of carbonyl (C=O) groups excluding carboxylic acids is 2. The van der Waals surface area contributed by atoms with Crippen molar-refractivity contribution in [3.63, 3.8) is 0 Å². The highest BCUT2D eigenvalue weighted by molar-refractivity contribution is 7.17. The predicted octanol–water partition coefficient (Wildman–Crippen LogP) is 2.34. The number of nitrogens with one attached hydrogen (secondary N) is 2. The summed E-state index contributed by atoms with van der Waals surface area (Å²) in [5.41, 5.74) is 9.79. The molecular formula is C22H22N3O2S+. The van der Waals surface area contributed by atoms with E-state index >= 15 is 0 Å². The molecule has 4 N–H and O–H groups in total. The number of carbonyl (C=O) groups is 2. The maximum atomic E-state index is 12.8. The van der Waals surface area contributed by atoms with Crippen molar-refractivity contribution in [1.82, 2.24) is 0 Å². The van der Waals surface area contributed by atoms with Crippen molar-refractivity contribution in [1.29, 1.82) is 0 Å². The highest BCUT2D eigenvalue weighted by Crippen LogP contribution is 2.34. The molecule has 0 saturated heterocycles. The minimum Gasteiger partial charge on any atom is -0.365 e. The van der Waals surface area contributed by atoms with Crippen LogP contribution in [0.1, 0.15) is 31.2 Å². The Kier molecular flexibility index (Phi) is 4.98. The number of nitrogens with two attached hydrogens (primary N) is 1. The summed E-state index contributed by atoms with van der Waals surface area (Å²) in [6.07, 6.45) is 0.803. The Morgan fingerprint density at radius 1 is 1.04 bits per heavy atom. The van der Waals surface area contributed by atoms with E-state index in [2.05, 4.69) is 12.4 Å². The molecule has 0 radical (unpaired) electrons. The lowest BCUT2D eigenvalue weighted by molar-refractivity contribution is -0.895. The van der Waals surface area contributed by atoms with Crippen molar-refractivity contribution < 1.29 is 14.5 Å². The van der Waals surface area contributed by atoms with E-state index in [1.807, 2.05) is 42.5 Å². The quantitative estimate of drug-likeness (QED) is 0.637. The molecule has 0 saturated carbocycles. The van der Waals surface area contributed by atoms with Crippen molar-refractivity contribution in [2.75, 3.05) is 18.9 Å². The van der Waals surface area contributed by atoms with Gasteiger partial charge in [-0.1, -0.05) is 42.5 Å². The summed E-state index contributed by atoms with van der Waals surface area (Å²) in [7, 11) is 2.12. The van der Waals surface area contributed by atoms with Crippen molar-refractivity contribution in [3.05, 3.63) is 76.2 Å². The Balaban J connectivity index is 1.58. The van der Waals surface area contributed by atoms with Crippen LogP contribution in [0.15, 0.2) is 54.6 Å². The van der Waals surface area contributed by atoms with Gasteiger partial charge >= 0.3 is 0 Å². The van der Waals surface area contributed by atoms with Crippen LogP contribution < -0.4 is 16.0 Å². The topological polar surface area (TPSA) is 76.6 Å². The molecule has 1 aliphatic heterocycles. The zero-order chi connectivity index (χ0) is 19.7. The molecule has 5 nitrogen and oxygen atoms in total. The molecule has 0 aliphatic carbocycles. The Hall–Kier alpha value is -2.96. The van der Waals surface area contributed by atoms with E-state index in [1.165, 1.54) is 16.2 Å².